The summed E-state index contributed by atoms with van der Waals surface area (Å²) in [6, 6.07) is 7.08. The Morgan fingerprint density at radius 1 is 1.32 bits per heavy atom. The van der Waals surface area contributed by atoms with Gasteiger partial charge in [0.1, 0.15) is 12.2 Å². The molecule has 19 heavy (non-hydrogen) atoms. The predicted octanol–water partition coefficient (Wildman–Crippen LogP) is 1.84. The van der Waals surface area contributed by atoms with E-state index in [4.69, 9.17) is 4.74 Å². The number of rotatable bonds is 7. The molecule has 0 saturated heterocycles. The zero-order chi connectivity index (χ0) is 13.5. The lowest BCUT2D eigenvalue weighted by Gasteiger charge is -2.06. The molecule has 6 nitrogen and oxygen atoms in total. The first-order valence-corrected chi connectivity index (χ1v) is 6.49. The average Bonchev–Trinajstić information content (AvgIpc) is 2.43. The summed E-state index contributed by atoms with van der Waals surface area (Å²) in [5, 5.41) is 18.3. The van der Waals surface area contributed by atoms with E-state index in [1.807, 2.05) is 6.07 Å². The van der Waals surface area contributed by atoms with E-state index in [0.29, 0.717) is 29.2 Å². The van der Waals surface area contributed by atoms with Crippen molar-refractivity contribution in [1.82, 2.24) is 10.1 Å². The van der Waals surface area contributed by atoms with Crippen molar-refractivity contribution in [2.75, 3.05) is 18.7 Å². The highest BCUT2D eigenvalue weighted by molar-refractivity contribution is 5.71. The molecule has 1 aromatic carbocycles. The predicted molar refractivity (Wildman–Crippen MR) is 72.5 cm³/mol. The second-order valence-corrected chi connectivity index (χ2v) is 4.23. The van der Waals surface area contributed by atoms with Crippen LogP contribution < -0.4 is 10.2 Å². The second kappa shape index (κ2) is 6.84. The van der Waals surface area contributed by atoms with Gasteiger partial charge in [-0.15, -0.1) is 0 Å². The molecule has 0 amide bonds. The van der Waals surface area contributed by atoms with Gasteiger partial charge in [-0.3, -0.25) is 0 Å². The summed E-state index contributed by atoms with van der Waals surface area (Å²) in [4.78, 5) is 4.82. The first-order chi connectivity index (χ1) is 9.31. The number of fused-ring (bicyclic) bond motifs is 1. The fourth-order valence-corrected chi connectivity index (χ4v) is 1.71. The topological polar surface area (TPSA) is 74.0 Å². The minimum atomic E-state index is 0.282. The smallest absolute Gasteiger partial charge is 0.292 e. The van der Waals surface area contributed by atoms with Gasteiger partial charge in [0.15, 0.2) is 0 Å². The van der Waals surface area contributed by atoms with Gasteiger partial charge in [0, 0.05) is 12.7 Å². The van der Waals surface area contributed by atoms with Crippen molar-refractivity contribution in [3.8, 4) is 0 Å². The summed E-state index contributed by atoms with van der Waals surface area (Å²) in [6.45, 7) is 3.15. The molecule has 0 bridgehead atoms. The summed E-state index contributed by atoms with van der Waals surface area (Å²) in [6.07, 6.45) is 3.37. The Morgan fingerprint density at radius 2 is 2.16 bits per heavy atom. The third-order valence-electron chi connectivity index (χ3n) is 2.72. The number of anilines is 1. The molecule has 0 aliphatic rings. The summed E-state index contributed by atoms with van der Waals surface area (Å²) >= 11 is 0. The van der Waals surface area contributed by atoms with E-state index in [1.54, 1.807) is 18.2 Å². The third-order valence-corrected chi connectivity index (χ3v) is 2.72. The highest BCUT2D eigenvalue weighted by atomic mass is 16.5. The number of nitrogens with zero attached hydrogens (tertiary/aromatic N) is 3. The molecule has 2 aromatic rings. The van der Waals surface area contributed by atoms with Crippen molar-refractivity contribution in [2.24, 2.45) is 0 Å². The average molecular weight is 262 g/mol. The van der Waals surface area contributed by atoms with E-state index in [-0.39, 0.29) is 5.95 Å². The molecule has 1 aromatic heterocycles. The Balaban J connectivity index is 1.90. The molecule has 6 heteroatoms. The van der Waals surface area contributed by atoms with Crippen LogP contribution in [0.5, 0.6) is 0 Å². The molecule has 0 aliphatic carbocycles. The van der Waals surface area contributed by atoms with Crippen LogP contribution in [0.1, 0.15) is 26.2 Å². The van der Waals surface area contributed by atoms with Crippen molar-refractivity contribution < 1.29 is 9.58 Å². The normalized spacial score (nSPS) is 10.8. The van der Waals surface area contributed by atoms with Crippen molar-refractivity contribution in [3.63, 3.8) is 0 Å². The number of para-hydroxylation sites is 2. The number of benzene rings is 1. The Bertz CT molecular complexity index is 533. The fraction of sp³-hybridized carbons (Fsp3) is 0.462. The zero-order valence-electron chi connectivity index (χ0n) is 11.0. The van der Waals surface area contributed by atoms with Gasteiger partial charge in [0.25, 0.3) is 11.5 Å². The van der Waals surface area contributed by atoms with Crippen molar-refractivity contribution in [3.05, 3.63) is 29.5 Å². The zero-order valence-corrected chi connectivity index (χ0v) is 11.0. The van der Waals surface area contributed by atoms with Crippen molar-refractivity contribution in [2.45, 2.75) is 26.2 Å². The molecule has 2 rings (SSSR count). The van der Waals surface area contributed by atoms with Gasteiger partial charge in [0.2, 0.25) is 0 Å². The molecule has 0 atom stereocenters. The maximum absolute atomic E-state index is 11.7. The van der Waals surface area contributed by atoms with Crippen LogP contribution in [0.4, 0.5) is 5.95 Å². The van der Waals surface area contributed by atoms with E-state index in [9.17, 15) is 5.21 Å². The highest BCUT2D eigenvalue weighted by Gasteiger charge is 2.08. The third kappa shape index (κ3) is 3.75. The summed E-state index contributed by atoms with van der Waals surface area (Å²) in [7, 11) is 0. The maximum Gasteiger partial charge on any atom is 0.292 e. The molecule has 0 saturated carbocycles. The van der Waals surface area contributed by atoms with Crippen LogP contribution in [0.15, 0.2) is 24.3 Å². The van der Waals surface area contributed by atoms with Gasteiger partial charge >= 0.3 is 0 Å². The van der Waals surface area contributed by atoms with E-state index < -0.39 is 0 Å². The lowest BCUT2D eigenvalue weighted by molar-refractivity contribution is -0.641. The molecule has 102 valence electrons. The lowest BCUT2D eigenvalue weighted by Crippen LogP contribution is -2.33. The molecule has 1 N–H and O–H groups in total. The Kier molecular flexibility index (Phi) is 4.85. The summed E-state index contributed by atoms with van der Waals surface area (Å²) < 4.78 is 5.39. The van der Waals surface area contributed by atoms with Crippen molar-refractivity contribution in [1.29, 1.82) is 0 Å². The molecule has 0 spiro atoms. The number of nitrogens with one attached hydrogen (secondary N) is 1. The summed E-state index contributed by atoms with van der Waals surface area (Å²) in [5.41, 5.74) is 1.07. The van der Waals surface area contributed by atoms with Crippen LogP contribution >= 0.6 is 0 Å². The second-order valence-electron chi connectivity index (χ2n) is 4.23. The fourth-order valence-electron chi connectivity index (χ4n) is 1.71. The summed E-state index contributed by atoms with van der Waals surface area (Å²) in [5.74, 6) is 0.282. The Morgan fingerprint density at radius 3 is 3.00 bits per heavy atom. The van der Waals surface area contributed by atoms with Crippen LogP contribution in [-0.4, -0.2) is 23.4 Å². The van der Waals surface area contributed by atoms with Gasteiger partial charge in [-0.2, -0.15) is 0 Å². The van der Waals surface area contributed by atoms with Crippen LogP contribution in [0.25, 0.3) is 11.0 Å². The highest BCUT2D eigenvalue weighted by Crippen LogP contribution is 2.07. The van der Waals surface area contributed by atoms with Gasteiger partial charge in [-0.25, -0.2) is 4.98 Å². The van der Waals surface area contributed by atoms with E-state index in [0.717, 1.165) is 12.8 Å². The quantitative estimate of drug-likeness (QED) is 0.357. The van der Waals surface area contributed by atoms with Gasteiger partial charge < -0.3 is 15.3 Å². The molecule has 1 heterocycles. The minimum Gasteiger partial charge on any atom is -0.594 e. The molecular weight excluding hydrogens is 244 g/mol. The molecule has 0 aliphatic heterocycles. The first-order valence-electron chi connectivity index (χ1n) is 6.49. The number of hydrogen-bond donors (Lipinski definition) is 1. The minimum absolute atomic E-state index is 0.282. The van der Waals surface area contributed by atoms with E-state index >= 15 is 0 Å². The standard InChI is InChI=1S/C13H18N4O2/c1-2-3-6-9-19-10-14-13-15-11-7-4-5-8-12(11)17(18)16-13/h4-5,7-8H,2-3,6,9-10H2,1H3,(H,14,15,16). The van der Waals surface area contributed by atoms with Crippen LogP contribution in [-0.2, 0) is 4.74 Å². The van der Waals surface area contributed by atoms with Crippen LogP contribution in [0.3, 0.4) is 0 Å². The Labute approximate surface area is 112 Å². The number of hydrogen-bond acceptors (Lipinski definition) is 5. The first kappa shape index (κ1) is 13.5. The van der Waals surface area contributed by atoms with Gasteiger partial charge in [-0.1, -0.05) is 31.9 Å². The largest absolute Gasteiger partial charge is 0.594 e. The SMILES string of the molecule is CCCCCOCNc1nc2ccccc2[n+]([O-])n1. The van der Waals surface area contributed by atoms with E-state index in [1.165, 1.54) is 6.42 Å². The monoisotopic (exact) mass is 262 g/mol. The molecule has 0 fully saturated rings. The number of aromatic nitrogens is 3. The van der Waals surface area contributed by atoms with Crippen LogP contribution in [0.2, 0.25) is 0 Å². The van der Waals surface area contributed by atoms with E-state index in [2.05, 4.69) is 22.3 Å². The van der Waals surface area contributed by atoms with Crippen molar-refractivity contribution >= 4 is 17.0 Å². The Hall–Kier alpha value is -1.95. The van der Waals surface area contributed by atoms with Gasteiger partial charge in [-0.05, 0) is 17.3 Å². The molecular formula is C13H18N4O2. The van der Waals surface area contributed by atoms with Gasteiger partial charge in [0.05, 0.1) is 5.10 Å². The molecule has 0 radical (unpaired) electrons. The molecule has 0 unspecified atom stereocenters. The number of ether oxygens (including phenoxy) is 1. The lowest BCUT2D eigenvalue weighted by atomic mass is 10.3. The van der Waals surface area contributed by atoms with Crippen LogP contribution in [0, 0.1) is 5.21 Å². The number of unbranched alkanes of at least 4 members (excludes halogenated alkanes) is 2. The maximum atomic E-state index is 11.7.